The summed E-state index contributed by atoms with van der Waals surface area (Å²) in [6.07, 6.45) is 1.64. The Labute approximate surface area is 266 Å². The Morgan fingerprint density at radius 1 is 1.02 bits per heavy atom. The van der Waals surface area contributed by atoms with E-state index in [1.807, 2.05) is 30.3 Å². The summed E-state index contributed by atoms with van der Waals surface area (Å²) < 4.78 is 18.1. The van der Waals surface area contributed by atoms with Gasteiger partial charge in [0, 0.05) is 17.3 Å². The molecule has 1 atom stereocenters. The van der Waals surface area contributed by atoms with Gasteiger partial charge in [-0.25, -0.2) is 9.79 Å². The molecule has 1 aliphatic rings. The highest BCUT2D eigenvalue weighted by atomic mass is 35.5. The van der Waals surface area contributed by atoms with Gasteiger partial charge >= 0.3 is 5.97 Å². The number of furan rings is 1. The molecule has 2 aromatic heterocycles. The number of halogens is 1. The van der Waals surface area contributed by atoms with Crippen LogP contribution in [0, 0.1) is 0 Å². The number of allylic oxidation sites excluding steroid dienone is 1. The molecule has 0 aliphatic carbocycles. The highest BCUT2D eigenvalue weighted by Crippen LogP contribution is 2.32. The van der Waals surface area contributed by atoms with Crippen molar-refractivity contribution in [1.82, 2.24) is 4.57 Å². The van der Waals surface area contributed by atoms with Crippen LogP contribution in [0.3, 0.4) is 0 Å². The van der Waals surface area contributed by atoms with Crippen LogP contribution in [0.15, 0.2) is 110 Å². The molecule has 0 saturated carbocycles. The number of ether oxygens (including phenoxy) is 2. The first-order chi connectivity index (χ1) is 21.8. The summed E-state index contributed by atoms with van der Waals surface area (Å²) in [4.78, 5) is 45.0. The maximum absolute atomic E-state index is 14.0. The second kappa shape index (κ2) is 12.4. The number of fused-ring (bicyclic) bond motifs is 1. The van der Waals surface area contributed by atoms with Crippen molar-refractivity contribution in [3.8, 4) is 17.1 Å². The number of rotatable bonds is 7. The van der Waals surface area contributed by atoms with Gasteiger partial charge in [0.15, 0.2) is 4.80 Å². The van der Waals surface area contributed by atoms with E-state index in [4.69, 9.17) is 25.5 Å². The molecule has 6 rings (SSSR count). The van der Waals surface area contributed by atoms with Gasteiger partial charge in [0.1, 0.15) is 17.3 Å². The molecule has 0 radical (unpaired) electrons. The van der Waals surface area contributed by atoms with Crippen LogP contribution >= 0.6 is 22.9 Å². The summed E-state index contributed by atoms with van der Waals surface area (Å²) in [6, 6.07) is 24.0. The molecule has 0 saturated heterocycles. The van der Waals surface area contributed by atoms with E-state index in [0.29, 0.717) is 49.1 Å². The SMILES string of the molecule is COC(=O)c1cc(-c2ccc(/C=c3/sc4n(c3=O)[C@@H](c3ccc(OC)cc3)C(C(=O)Nc3ccccc3)=C(C)N=4)o2)ccc1Cl. The fraction of sp³-hybridized carbons (Fsp3) is 0.118. The molecule has 3 heterocycles. The average Bonchev–Trinajstić information content (AvgIpc) is 3.64. The maximum Gasteiger partial charge on any atom is 0.339 e. The second-order valence-corrected chi connectivity index (χ2v) is 11.5. The minimum Gasteiger partial charge on any atom is -0.497 e. The van der Waals surface area contributed by atoms with Gasteiger partial charge in [0.2, 0.25) is 0 Å². The van der Waals surface area contributed by atoms with E-state index in [1.54, 1.807) is 74.7 Å². The van der Waals surface area contributed by atoms with Gasteiger partial charge in [-0.05, 0) is 67.1 Å². The van der Waals surface area contributed by atoms with E-state index in [1.165, 1.54) is 23.0 Å². The van der Waals surface area contributed by atoms with E-state index in [-0.39, 0.29) is 22.1 Å². The normalized spacial score (nSPS) is 14.5. The highest BCUT2D eigenvalue weighted by molar-refractivity contribution is 7.07. The Kier molecular flexibility index (Phi) is 8.25. The third kappa shape index (κ3) is 5.85. The number of aromatic nitrogens is 1. The summed E-state index contributed by atoms with van der Waals surface area (Å²) >= 11 is 7.37. The van der Waals surface area contributed by atoms with Crippen molar-refractivity contribution in [3.05, 3.63) is 138 Å². The summed E-state index contributed by atoms with van der Waals surface area (Å²) in [5, 5.41) is 3.21. The zero-order chi connectivity index (χ0) is 31.7. The molecule has 9 nitrogen and oxygen atoms in total. The highest BCUT2D eigenvalue weighted by Gasteiger charge is 2.32. The lowest BCUT2D eigenvalue weighted by atomic mass is 9.95. The first kappa shape index (κ1) is 29.9. The van der Waals surface area contributed by atoms with Crippen molar-refractivity contribution in [3.63, 3.8) is 0 Å². The standard InChI is InChI=1S/C34H26ClN3O6S/c1-19-29(31(39)37-22-7-5-4-6-8-22)30(20-9-12-23(42-2)13-10-20)38-32(40)28(45-34(38)36-19)18-24-14-16-27(44-24)21-11-15-26(35)25(17-21)33(41)43-3/h4-18,30H,1-3H3,(H,37,39)/b28-18+/t30-/m0/s1. The van der Waals surface area contributed by atoms with Crippen LogP contribution < -0.4 is 24.9 Å². The van der Waals surface area contributed by atoms with E-state index in [2.05, 4.69) is 10.3 Å². The van der Waals surface area contributed by atoms with Gasteiger partial charge in [0.25, 0.3) is 11.5 Å². The molecule has 5 aromatic rings. The lowest BCUT2D eigenvalue weighted by Crippen LogP contribution is -2.40. The molecule has 45 heavy (non-hydrogen) atoms. The van der Waals surface area contributed by atoms with E-state index in [0.717, 1.165) is 5.56 Å². The number of esters is 1. The van der Waals surface area contributed by atoms with E-state index >= 15 is 0 Å². The Balaban J connectivity index is 1.42. The van der Waals surface area contributed by atoms with E-state index < -0.39 is 12.0 Å². The number of para-hydroxylation sites is 1. The van der Waals surface area contributed by atoms with Crippen LogP contribution in [0.2, 0.25) is 5.02 Å². The van der Waals surface area contributed by atoms with Crippen molar-refractivity contribution in [2.45, 2.75) is 13.0 Å². The molecular formula is C34H26ClN3O6S. The monoisotopic (exact) mass is 639 g/mol. The number of hydrogen-bond acceptors (Lipinski definition) is 8. The van der Waals surface area contributed by atoms with Crippen LogP contribution in [0.4, 0.5) is 5.69 Å². The molecule has 3 aromatic carbocycles. The van der Waals surface area contributed by atoms with Crippen LogP contribution in [-0.2, 0) is 9.53 Å². The van der Waals surface area contributed by atoms with E-state index in [9.17, 15) is 14.4 Å². The van der Waals surface area contributed by atoms with Gasteiger partial charge in [-0.15, -0.1) is 0 Å². The van der Waals surface area contributed by atoms with Crippen molar-refractivity contribution in [2.75, 3.05) is 19.5 Å². The molecule has 0 fully saturated rings. The van der Waals surface area contributed by atoms with Gasteiger partial charge in [0.05, 0.1) is 46.7 Å². The number of benzene rings is 3. The predicted octanol–water partition coefficient (Wildman–Crippen LogP) is 5.58. The minimum atomic E-state index is -0.740. The number of nitrogens with one attached hydrogen (secondary N) is 1. The van der Waals surface area contributed by atoms with Gasteiger partial charge in [-0.1, -0.05) is 53.3 Å². The van der Waals surface area contributed by atoms with Crippen molar-refractivity contribution < 1.29 is 23.5 Å². The van der Waals surface area contributed by atoms with Crippen molar-refractivity contribution in [2.24, 2.45) is 4.99 Å². The Morgan fingerprint density at radius 3 is 2.49 bits per heavy atom. The Hall–Kier alpha value is -5.19. The molecule has 0 unspecified atom stereocenters. The maximum atomic E-state index is 14.0. The fourth-order valence-electron chi connectivity index (χ4n) is 5.09. The van der Waals surface area contributed by atoms with Crippen LogP contribution in [-0.4, -0.2) is 30.7 Å². The quantitative estimate of drug-likeness (QED) is 0.233. The minimum absolute atomic E-state index is 0.212. The number of amides is 1. The van der Waals surface area contributed by atoms with Crippen molar-refractivity contribution >= 4 is 46.6 Å². The summed E-state index contributed by atoms with van der Waals surface area (Å²) in [5.41, 5.74) is 2.71. The predicted molar refractivity (Wildman–Crippen MR) is 172 cm³/mol. The Morgan fingerprint density at radius 2 is 1.78 bits per heavy atom. The second-order valence-electron chi connectivity index (χ2n) is 10.1. The first-order valence-electron chi connectivity index (χ1n) is 13.8. The number of nitrogens with zero attached hydrogens (tertiary/aromatic N) is 2. The molecule has 0 bridgehead atoms. The molecule has 1 N–H and O–H groups in total. The zero-order valence-electron chi connectivity index (χ0n) is 24.4. The topological polar surface area (TPSA) is 112 Å². The molecule has 226 valence electrons. The third-order valence-corrected chi connectivity index (χ3v) is 8.60. The lowest BCUT2D eigenvalue weighted by molar-refractivity contribution is -0.113. The molecule has 0 spiro atoms. The number of carbonyl (C=O) groups is 2. The van der Waals surface area contributed by atoms with Gasteiger partial charge in [-0.2, -0.15) is 0 Å². The number of anilines is 1. The fourth-order valence-corrected chi connectivity index (χ4v) is 6.31. The van der Waals surface area contributed by atoms with Crippen LogP contribution in [0.5, 0.6) is 5.75 Å². The Bertz CT molecular complexity index is 2150. The lowest BCUT2D eigenvalue weighted by Gasteiger charge is -2.25. The number of hydrogen-bond donors (Lipinski definition) is 1. The summed E-state index contributed by atoms with van der Waals surface area (Å²) in [6.45, 7) is 1.76. The largest absolute Gasteiger partial charge is 0.497 e. The number of carbonyl (C=O) groups excluding carboxylic acids is 2. The van der Waals surface area contributed by atoms with Crippen LogP contribution in [0.25, 0.3) is 17.4 Å². The number of thiazole rings is 1. The molecule has 11 heteroatoms. The average molecular weight is 640 g/mol. The van der Waals surface area contributed by atoms with Gasteiger partial charge < -0.3 is 19.2 Å². The smallest absolute Gasteiger partial charge is 0.339 e. The van der Waals surface area contributed by atoms with Crippen molar-refractivity contribution in [1.29, 1.82) is 0 Å². The summed E-state index contributed by atoms with van der Waals surface area (Å²) in [5.74, 6) is 0.622. The third-order valence-electron chi connectivity index (χ3n) is 7.29. The van der Waals surface area contributed by atoms with Crippen LogP contribution in [0.1, 0.15) is 34.6 Å². The zero-order valence-corrected chi connectivity index (χ0v) is 25.9. The molecule has 1 aliphatic heterocycles. The molecule has 1 amide bonds. The van der Waals surface area contributed by atoms with Gasteiger partial charge in [-0.3, -0.25) is 14.2 Å². The summed E-state index contributed by atoms with van der Waals surface area (Å²) in [7, 11) is 2.86. The molecular weight excluding hydrogens is 614 g/mol. The number of methoxy groups -OCH3 is 2. The first-order valence-corrected chi connectivity index (χ1v) is 15.0.